The normalized spacial score (nSPS) is 24.7. The van der Waals surface area contributed by atoms with Crippen LogP contribution in [0.15, 0.2) is 30.3 Å². The number of rotatable bonds is 4. The van der Waals surface area contributed by atoms with E-state index in [9.17, 15) is 0 Å². The SMILES string of the molecule is C#CCN1CC(CCC)NCC1c1ccccc1. The first-order valence-corrected chi connectivity index (χ1v) is 6.81. The molecule has 1 heterocycles. The molecule has 1 aromatic rings. The van der Waals surface area contributed by atoms with Crippen molar-refractivity contribution in [3.63, 3.8) is 0 Å². The Bertz CT molecular complexity index is 393. The van der Waals surface area contributed by atoms with Crippen molar-refractivity contribution in [2.45, 2.75) is 31.8 Å². The predicted octanol–water partition coefficient (Wildman–Crippen LogP) is 2.43. The van der Waals surface area contributed by atoms with Gasteiger partial charge in [0.25, 0.3) is 0 Å². The van der Waals surface area contributed by atoms with Crippen LogP contribution in [0.4, 0.5) is 0 Å². The molecule has 0 spiro atoms. The van der Waals surface area contributed by atoms with Crippen LogP contribution >= 0.6 is 0 Å². The minimum absolute atomic E-state index is 0.412. The van der Waals surface area contributed by atoms with Gasteiger partial charge in [0.1, 0.15) is 0 Å². The monoisotopic (exact) mass is 242 g/mol. The summed E-state index contributed by atoms with van der Waals surface area (Å²) in [6.45, 7) is 5.02. The number of benzene rings is 1. The Morgan fingerprint density at radius 3 is 2.83 bits per heavy atom. The molecule has 2 heteroatoms. The van der Waals surface area contributed by atoms with E-state index in [1.165, 1.54) is 18.4 Å². The maximum atomic E-state index is 5.51. The fraction of sp³-hybridized carbons (Fsp3) is 0.500. The maximum absolute atomic E-state index is 5.51. The Kier molecular flexibility index (Phi) is 4.81. The molecule has 96 valence electrons. The highest BCUT2D eigenvalue weighted by Gasteiger charge is 2.27. The lowest BCUT2D eigenvalue weighted by Gasteiger charge is -2.39. The lowest BCUT2D eigenvalue weighted by atomic mass is 9.99. The molecule has 0 bridgehead atoms. The molecule has 1 aliphatic heterocycles. The largest absolute Gasteiger partial charge is 0.311 e. The molecule has 0 aliphatic carbocycles. The van der Waals surface area contributed by atoms with Crippen LogP contribution < -0.4 is 5.32 Å². The third kappa shape index (κ3) is 3.13. The summed E-state index contributed by atoms with van der Waals surface area (Å²) in [7, 11) is 0. The second kappa shape index (κ2) is 6.58. The van der Waals surface area contributed by atoms with Gasteiger partial charge in [0.15, 0.2) is 0 Å². The van der Waals surface area contributed by atoms with E-state index in [4.69, 9.17) is 6.42 Å². The lowest BCUT2D eigenvalue weighted by Crippen LogP contribution is -2.52. The van der Waals surface area contributed by atoms with Gasteiger partial charge in [0.2, 0.25) is 0 Å². The maximum Gasteiger partial charge on any atom is 0.0605 e. The molecule has 2 rings (SSSR count). The predicted molar refractivity (Wildman–Crippen MR) is 76.3 cm³/mol. The van der Waals surface area contributed by atoms with Gasteiger partial charge in [-0.1, -0.05) is 49.6 Å². The quantitative estimate of drug-likeness (QED) is 0.816. The highest BCUT2D eigenvalue weighted by Crippen LogP contribution is 2.23. The van der Waals surface area contributed by atoms with Crippen LogP contribution in [0, 0.1) is 12.3 Å². The van der Waals surface area contributed by atoms with Gasteiger partial charge in [-0.2, -0.15) is 0 Å². The van der Waals surface area contributed by atoms with Crippen LogP contribution in [-0.4, -0.2) is 30.6 Å². The van der Waals surface area contributed by atoms with Gasteiger partial charge in [-0.25, -0.2) is 0 Å². The zero-order valence-electron chi connectivity index (χ0n) is 11.1. The third-order valence-corrected chi connectivity index (χ3v) is 3.61. The molecular weight excluding hydrogens is 220 g/mol. The lowest BCUT2D eigenvalue weighted by molar-refractivity contribution is 0.144. The highest BCUT2D eigenvalue weighted by molar-refractivity contribution is 5.20. The molecule has 18 heavy (non-hydrogen) atoms. The molecule has 1 fully saturated rings. The molecule has 2 nitrogen and oxygen atoms in total. The fourth-order valence-corrected chi connectivity index (χ4v) is 2.72. The van der Waals surface area contributed by atoms with Gasteiger partial charge in [-0.05, 0) is 12.0 Å². The van der Waals surface area contributed by atoms with E-state index in [0.717, 1.165) is 19.6 Å². The Labute approximate surface area is 110 Å². The average molecular weight is 242 g/mol. The summed E-state index contributed by atoms with van der Waals surface area (Å²) in [5, 5.41) is 3.65. The summed E-state index contributed by atoms with van der Waals surface area (Å²) < 4.78 is 0. The van der Waals surface area contributed by atoms with Gasteiger partial charge in [0.05, 0.1) is 6.54 Å². The second-order valence-electron chi connectivity index (χ2n) is 4.95. The zero-order chi connectivity index (χ0) is 12.8. The molecule has 2 atom stereocenters. The van der Waals surface area contributed by atoms with Crippen molar-refractivity contribution in [3.05, 3.63) is 35.9 Å². The minimum Gasteiger partial charge on any atom is -0.311 e. The number of terminal acetylenes is 1. The molecule has 0 saturated carbocycles. The number of nitrogens with one attached hydrogen (secondary N) is 1. The van der Waals surface area contributed by atoms with Crippen molar-refractivity contribution < 1.29 is 0 Å². The standard InChI is InChI=1S/C16H22N2/c1-3-8-15-13-18(11-4-2)16(12-17-15)14-9-6-5-7-10-14/h2,5-7,9-10,15-17H,3,8,11-13H2,1H3. The summed E-state index contributed by atoms with van der Waals surface area (Å²) in [6.07, 6.45) is 7.95. The molecule has 1 aliphatic rings. The summed E-state index contributed by atoms with van der Waals surface area (Å²) >= 11 is 0. The molecule has 1 aromatic carbocycles. The topological polar surface area (TPSA) is 15.3 Å². The highest BCUT2D eigenvalue weighted by atomic mass is 15.2. The molecule has 2 unspecified atom stereocenters. The molecule has 0 radical (unpaired) electrons. The zero-order valence-corrected chi connectivity index (χ0v) is 11.1. The van der Waals surface area contributed by atoms with Crippen LogP contribution in [0.3, 0.4) is 0 Å². The molecular formula is C16H22N2. The van der Waals surface area contributed by atoms with Crippen molar-refractivity contribution in [2.24, 2.45) is 0 Å². The fourth-order valence-electron chi connectivity index (χ4n) is 2.72. The Hall–Kier alpha value is -1.30. The van der Waals surface area contributed by atoms with Crippen LogP contribution in [0.2, 0.25) is 0 Å². The number of hydrogen-bond donors (Lipinski definition) is 1. The van der Waals surface area contributed by atoms with Crippen molar-refractivity contribution in [1.29, 1.82) is 0 Å². The van der Waals surface area contributed by atoms with Crippen molar-refractivity contribution in [1.82, 2.24) is 10.2 Å². The van der Waals surface area contributed by atoms with Crippen LogP contribution in [-0.2, 0) is 0 Å². The summed E-state index contributed by atoms with van der Waals surface area (Å²) in [4.78, 5) is 2.42. The first-order chi connectivity index (χ1) is 8.85. The third-order valence-electron chi connectivity index (χ3n) is 3.61. The Balaban J connectivity index is 2.08. The van der Waals surface area contributed by atoms with Gasteiger partial charge < -0.3 is 5.32 Å². The van der Waals surface area contributed by atoms with Crippen molar-refractivity contribution in [3.8, 4) is 12.3 Å². The van der Waals surface area contributed by atoms with E-state index in [2.05, 4.69) is 53.4 Å². The smallest absolute Gasteiger partial charge is 0.0605 e. The Morgan fingerprint density at radius 2 is 2.17 bits per heavy atom. The van der Waals surface area contributed by atoms with E-state index in [0.29, 0.717) is 12.1 Å². The Morgan fingerprint density at radius 1 is 1.39 bits per heavy atom. The van der Waals surface area contributed by atoms with E-state index in [1.54, 1.807) is 0 Å². The summed E-state index contributed by atoms with van der Waals surface area (Å²) in [6, 6.07) is 11.6. The summed E-state index contributed by atoms with van der Waals surface area (Å²) in [5.74, 6) is 2.80. The van der Waals surface area contributed by atoms with Gasteiger partial charge in [-0.3, -0.25) is 4.90 Å². The number of piperazine rings is 1. The van der Waals surface area contributed by atoms with Crippen LogP contribution in [0.5, 0.6) is 0 Å². The molecule has 0 aromatic heterocycles. The number of hydrogen-bond acceptors (Lipinski definition) is 2. The van der Waals surface area contributed by atoms with Crippen molar-refractivity contribution >= 4 is 0 Å². The van der Waals surface area contributed by atoms with Crippen LogP contribution in [0.25, 0.3) is 0 Å². The minimum atomic E-state index is 0.412. The van der Waals surface area contributed by atoms with Crippen LogP contribution in [0.1, 0.15) is 31.4 Å². The molecule has 1 N–H and O–H groups in total. The molecule has 1 saturated heterocycles. The van der Waals surface area contributed by atoms with E-state index in [-0.39, 0.29) is 0 Å². The van der Waals surface area contributed by atoms with Gasteiger partial charge >= 0.3 is 0 Å². The van der Waals surface area contributed by atoms with E-state index in [1.807, 2.05) is 0 Å². The average Bonchev–Trinajstić information content (AvgIpc) is 2.41. The summed E-state index contributed by atoms with van der Waals surface area (Å²) in [5.41, 5.74) is 1.36. The van der Waals surface area contributed by atoms with Gasteiger partial charge in [0, 0.05) is 25.2 Å². The van der Waals surface area contributed by atoms with Crippen molar-refractivity contribution in [2.75, 3.05) is 19.6 Å². The van der Waals surface area contributed by atoms with E-state index >= 15 is 0 Å². The first-order valence-electron chi connectivity index (χ1n) is 6.81. The second-order valence-corrected chi connectivity index (χ2v) is 4.95. The molecule has 0 amide bonds. The van der Waals surface area contributed by atoms with E-state index < -0.39 is 0 Å². The van der Waals surface area contributed by atoms with Gasteiger partial charge in [-0.15, -0.1) is 6.42 Å². The first kappa shape index (κ1) is 13.1. The number of nitrogens with zero attached hydrogens (tertiary/aromatic N) is 1.